The second kappa shape index (κ2) is 6.01. The van der Waals surface area contributed by atoms with E-state index in [2.05, 4.69) is 30.1 Å². The second-order valence-corrected chi connectivity index (χ2v) is 4.60. The highest BCUT2D eigenvalue weighted by atomic mass is 16.5. The van der Waals surface area contributed by atoms with Crippen molar-refractivity contribution in [3.63, 3.8) is 0 Å². The van der Waals surface area contributed by atoms with Gasteiger partial charge in [0.1, 0.15) is 11.8 Å². The van der Waals surface area contributed by atoms with Crippen LogP contribution in [0.5, 0.6) is 5.75 Å². The number of nitriles is 1. The predicted octanol–water partition coefficient (Wildman–Crippen LogP) is 2.72. The molecule has 0 N–H and O–H groups in total. The Morgan fingerprint density at radius 1 is 1.37 bits per heavy atom. The SMILES string of the molecule is CC(C)Cc1nc(COc2ccccc2C#N)no1. The molecular weight excluding hydrogens is 242 g/mol. The molecule has 98 valence electrons. The molecule has 1 heterocycles. The minimum absolute atomic E-state index is 0.195. The Labute approximate surface area is 111 Å². The molecule has 2 rings (SSSR count). The largest absolute Gasteiger partial charge is 0.484 e. The molecule has 0 atom stereocenters. The lowest BCUT2D eigenvalue weighted by molar-refractivity contribution is 0.283. The van der Waals surface area contributed by atoms with Gasteiger partial charge >= 0.3 is 0 Å². The van der Waals surface area contributed by atoms with Crippen LogP contribution in [0.4, 0.5) is 0 Å². The zero-order valence-electron chi connectivity index (χ0n) is 11.0. The number of para-hydroxylation sites is 1. The zero-order chi connectivity index (χ0) is 13.7. The van der Waals surface area contributed by atoms with E-state index in [1.165, 1.54) is 0 Å². The van der Waals surface area contributed by atoms with Gasteiger partial charge in [-0.15, -0.1) is 0 Å². The average molecular weight is 257 g/mol. The Balaban J connectivity index is 1.99. The monoisotopic (exact) mass is 257 g/mol. The Morgan fingerprint density at radius 3 is 2.89 bits per heavy atom. The summed E-state index contributed by atoms with van der Waals surface area (Å²) in [5, 5.41) is 12.8. The summed E-state index contributed by atoms with van der Waals surface area (Å²) < 4.78 is 10.6. The van der Waals surface area contributed by atoms with E-state index in [1.807, 2.05) is 6.07 Å². The maximum Gasteiger partial charge on any atom is 0.227 e. The van der Waals surface area contributed by atoms with Crippen molar-refractivity contribution in [2.75, 3.05) is 0 Å². The molecule has 0 saturated heterocycles. The van der Waals surface area contributed by atoms with Crippen molar-refractivity contribution in [2.24, 2.45) is 5.92 Å². The van der Waals surface area contributed by atoms with Crippen molar-refractivity contribution >= 4 is 0 Å². The molecule has 5 heteroatoms. The molecule has 0 radical (unpaired) electrons. The number of hydrogen-bond acceptors (Lipinski definition) is 5. The van der Waals surface area contributed by atoms with Gasteiger partial charge in [-0.2, -0.15) is 10.2 Å². The van der Waals surface area contributed by atoms with Crippen LogP contribution < -0.4 is 4.74 Å². The van der Waals surface area contributed by atoms with Crippen LogP contribution in [0.25, 0.3) is 0 Å². The highest BCUT2D eigenvalue weighted by Crippen LogP contribution is 2.17. The van der Waals surface area contributed by atoms with E-state index in [9.17, 15) is 0 Å². The minimum atomic E-state index is 0.195. The van der Waals surface area contributed by atoms with Crippen molar-refractivity contribution in [3.05, 3.63) is 41.5 Å². The minimum Gasteiger partial charge on any atom is -0.484 e. The molecule has 0 aliphatic rings. The molecule has 5 nitrogen and oxygen atoms in total. The first-order valence-electron chi connectivity index (χ1n) is 6.12. The highest BCUT2D eigenvalue weighted by molar-refractivity contribution is 5.42. The Morgan fingerprint density at radius 2 is 2.16 bits per heavy atom. The molecule has 0 aliphatic carbocycles. The van der Waals surface area contributed by atoms with E-state index < -0.39 is 0 Å². The summed E-state index contributed by atoms with van der Waals surface area (Å²) >= 11 is 0. The van der Waals surface area contributed by atoms with E-state index in [0.29, 0.717) is 28.9 Å². The number of ether oxygens (including phenoxy) is 1. The van der Waals surface area contributed by atoms with E-state index >= 15 is 0 Å². The molecular formula is C14H15N3O2. The molecule has 0 spiro atoms. The molecule has 0 unspecified atom stereocenters. The number of aromatic nitrogens is 2. The Hall–Kier alpha value is -2.35. The van der Waals surface area contributed by atoms with E-state index in [-0.39, 0.29) is 6.61 Å². The summed E-state index contributed by atoms with van der Waals surface area (Å²) in [5.74, 6) is 2.10. The smallest absolute Gasteiger partial charge is 0.227 e. The lowest BCUT2D eigenvalue weighted by Gasteiger charge is -2.04. The molecule has 1 aromatic heterocycles. The molecule has 0 aliphatic heterocycles. The van der Waals surface area contributed by atoms with Gasteiger partial charge in [-0.05, 0) is 18.1 Å². The van der Waals surface area contributed by atoms with Gasteiger partial charge in [0.15, 0.2) is 6.61 Å². The second-order valence-electron chi connectivity index (χ2n) is 4.60. The van der Waals surface area contributed by atoms with Crippen LogP contribution in [-0.4, -0.2) is 10.1 Å². The van der Waals surface area contributed by atoms with Crippen LogP contribution in [-0.2, 0) is 13.0 Å². The number of nitrogens with zero attached hydrogens (tertiary/aromatic N) is 3. The fourth-order valence-electron chi connectivity index (χ4n) is 1.61. The first-order chi connectivity index (χ1) is 9.19. The van der Waals surface area contributed by atoms with Crippen LogP contribution in [0.2, 0.25) is 0 Å². The summed E-state index contributed by atoms with van der Waals surface area (Å²) in [6, 6.07) is 9.13. The average Bonchev–Trinajstić information content (AvgIpc) is 2.83. The van der Waals surface area contributed by atoms with Crippen LogP contribution in [0.15, 0.2) is 28.8 Å². The van der Waals surface area contributed by atoms with Crippen molar-refractivity contribution in [1.82, 2.24) is 10.1 Å². The molecule has 0 saturated carbocycles. The van der Waals surface area contributed by atoms with E-state index in [4.69, 9.17) is 14.5 Å². The summed E-state index contributed by atoms with van der Waals surface area (Å²) in [4.78, 5) is 4.24. The Bertz CT molecular complexity index is 584. The van der Waals surface area contributed by atoms with Gasteiger partial charge in [-0.3, -0.25) is 0 Å². The third-order valence-corrected chi connectivity index (χ3v) is 2.46. The topological polar surface area (TPSA) is 71.9 Å². The van der Waals surface area contributed by atoms with Crippen molar-refractivity contribution in [3.8, 4) is 11.8 Å². The van der Waals surface area contributed by atoms with Gasteiger partial charge in [-0.1, -0.05) is 31.1 Å². The number of benzene rings is 1. The van der Waals surface area contributed by atoms with E-state index in [0.717, 1.165) is 6.42 Å². The standard InChI is InChI=1S/C14H15N3O2/c1-10(2)7-14-16-13(17-19-14)9-18-12-6-4-3-5-11(12)8-15/h3-6,10H,7,9H2,1-2H3. The van der Waals surface area contributed by atoms with E-state index in [1.54, 1.807) is 18.2 Å². The Kier molecular flexibility index (Phi) is 4.14. The van der Waals surface area contributed by atoms with Crippen molar-refractivity contribution in [2.45, 2.75) is 26.9 Å². The molecule has 1 aromatic carbocycles. The first-order valence-corrected chi connectivity index (χ1v) is 6.12. The van der Waals surface area contributed by atoms with Gasteiger partial charge in [0.25, 0.3) is 0 Å². The summed E-state index contributed by atoms with van der Waals surface area (Å²) in [6.45, 7) is 4.37. The van der Waals surface area contributed by atoms with Gasteiger partial charge in [0.2, 0.25) is 11.7 Å². The third kappa shape index (κ3) is 3.55. The van der Waals surface area contributed by atoms with Crippen molar-refractivity contribution in [1.29, 1.82) is 5.26 Å². The summed E-state index contributed by atoms with van der Waals surface area (Å²) in [5.41, 5.74) is 0.494. The summed E-state index contributed by atoms with van der Waals surface area (Å²) in [7, 11) is 0. The molecule has 2 aromatic rings. The van der Waals surface area contributed by atoms with Crippen LogP contribution in [0.1, 0.15) is 31.1 Å². The lowest BCUT2D eigenvalue weighted by Crippen LogP contribution is -2.00. The predicted molar refractivity (Wildman–Crippen MR) is 68.3 cm³/mol. The fourth-order valence-corrected chi connectivity index (χ4v) is 1.61. The summed E-state index contributed by atoms with van der Waals surface area (Å²) in [6.07, 6.45) is 0.752. The molecule has 0 amide bonds. The quantitative estimate of drug-likeness (QED) is 0.823. The van der Waals surface area contributed by atoms with Crippen LogP contribution in [0, 0.1) is 17.2 Å². The van der Waals surface area contributed by atoms with Gasteiger partial charge < -0.3 is 9.26 Å². The maximum absolute atomic E-state index is 8.94. The molecule has 0 bridgehead atoms. The number of hydrogen-bond donors (Lipinski definition) is 0. The maximum atomic E-state index is 8.94. The first kappa shape index (κ1) is 13.1. The lowest BCUT2D eigenvalue weighted by atomic mass is 10.1. The third-order valence-electron chi connectivity index (χ3n) is 2.46. The normalized spacial score (nSPS) is 10.4. The van der Waals surface area contributed by atoms with Crippen LogP contribution in [0.3, 0.4) is 0 Å². The van der Waals surface area contributed by atoms with Crippen LogP contribution >= 0.6 is 0 Å². The molecule has 0 fully saturated rings. The van der Waals surface area contributed by atoms with Gasteiger partial charge in [0.05, 0.1) is 5.56 Å². The van der Waals surface area contributed by atoms with Gasteiger partial charge in [-0.25, -0.2) is 0 Å². The molecule has 19 heavy (non-hydrogen) atoms. The zero-order valence-corrected chi connectivity index (χ0v) is 11.0. The van der Waals surface area contributed by atoms with Crippen molar-refractivity contribution < 1.29 is 9.26 Å². The fraction of sp³-hybridized carbons (Fsp3) is 0.357. The van der Waals surface area contributed by atoms with Gasteiger partial charge in [0, 0.05) is 6.42 Å². The number of rotatable bonds is 5. The highest BCUT2D eigenvalue weighted by Gasteiger charge is 2.09.